The molecule has 6 heteroatoms. The molecule has 0 aromatic carbocycles. The summed E-state index contributed by atoms with van der Waals surface area (Å²) in [6.07, 6.45) is 3.61. The SMILES string of the molecule is CC(=O)c1c(C)[nH]c(C(=O)N(C)Cc2cnn(C)c2)c1C. The predicted molar refractivity (Wildman–Crippen MR) is 79.3 cm³/mol. The summed E-state index contributed by atoms with van der Waals surface area (Å²) in [5.74, 6) is -0.165. The number of carbonyl (C=O) groups is 2. The van der Waals surface area contributed by atoms with Gasteiger partial charge >= 0.3 is 0 Å². The Balaban J connectivity index is 2.23. The summed E-state index contributed by atoms with van der Waals surface area (Å²) in [6.45, 7) is 5.59. The van der Waals surface area contributed by atoms with Gasteiger partial charge in [-0.25, -0.2) is 0 Å². The summed E-state index contributed by atoms with van der Waals surface area (Å²) >= 11 is 0. The molecule has 2 rings (SSSR count). The van der Waals surface area contributed by atoms with Gasteiger partial charge in [0, 0.05) is 43.7 Å². The lowest BCUT2D eigenvalue weighted by molar-refractivity contribution is 0.0779. The fourth-order valence-corrected chi connectivity index (χ4v) is 2.58. The lowest BCUT2D eigenvalue weighted by Crippen LogP contribution is -2.27. The summed E-state index contributed by atoms with van der Waals surface area (Å²) in [7, 11) is 3.57. The topological polar surface area (TPSA) is 71.0 Å². The summed E-state index contributed by atoms with van der Waals surface area (Å²) in [5.41, 5.74) is 3.49. The van der Waals surface area contributed by atoms with Crippen molar-refractivity contribution in [1.29, 1.82) is 0 Å². The minimum atomic E-state index is -0.132. The van der Waals surface area contributed by atoms with E-state index in [0.29, 0.717) is 23.4 Å². The van der Waals surface area contributed by atoms with E-state index in [1.807, 2.05) is 20.2 Å². The van der Waals surface area contributed by atoms with E-state index < -0.39 is 0 Å². The number of aromatic amines is 1. The fourth-order valence-electron chi connectivity index (χ4n) is 2.58. The number of H-pyrrole nitrogens is 1. The second-order valence-electron chi connectivity index (χ2n) is 5.36. The van der Waals surface area contributed by atoms with Crippen molar-refractivity contribution in [1.82, 2.24) is 19.7 Å². The molecule has 0 radical (unpaired) electrons. The smallest absolute Gasteiger partial charge is 0.270 e. The first-order valence-electron chi connectivity index (χ1n) is 6.74. The molecule has 0 aliphatic carbocycles. The number of aromatic nitrogens is 3. The molecule has 0 aliphatic rings. The van der Waals surface area contributed by atoms with Crippen LogP contribution in [0.5, 0.6) is 0 Å². The van der Waals surface area contributed by atoms with Gasteiger partial charge in [-0.3, -0.25) is 14.3 Å². The molecule has 0 unspecified atom stereocenters. The zero-order valence-electron chi connectivity index (χ0n) is 13.0. The average molecular weight is 288 g/mol. The van der Waals surface area contributed by atoms with Crippen LogP contribution in [0.25, 0.3) is 0 Å². The molecule has 0 aliphatic heterocycles. The Kier molecular flexibility index (Phi) is 3.97. The second kappa shape index (κ2) is 5.55. The Morgan fingerprint density at radius 2 is 2.05 bits per heavy atom. The molecule has 112 valence electrons. The van der Waals surface area contributed by atoms with E-state index in [1.54, 1.807) is 29.7 Å². The third kappa shape index (κ3) is 2.89. The van der Waals surface area contributed by atoms with Crippen molar-refractivity contribution in [2.45, 2.75) is 27.3 Å². The third-order valence-electron chi connectivity index (χ3n) is 3.53. The van der Waals surface area contributed by atoms with Gasteiger partial charge in [-0.15, -0.1) is 0 Å². The highest BCUT2D eigenvalue weighted by Crippen LogP contribution is 2.20. The van der Waals surface area contributed by atoms with E-state index in [2.05, 4.69) is 10.1 Å². The van der Waals surface area contributed by atoms with Crippen LogP contribution in [0.15, 0.2) is 12.4 Å². The zero-order valence-corrected chi connectivity index (χ0v) is 13.0. The number of nitrogens with one attached hydrogen (secondary N) is 1. The van der Waals surface area contributed by atoms with Gasteiger partial charge in [0.25, 0.3) is 5.91 Å². The zero-order chi connectivity index (χ0) is 15.7. The van der Waals surface area contributed by atoms with Crippen LogP contribution >= 0.6 is 0 Å². The lowest BCUT2D eigenvalue weighted by Gasteiger charge is -2.16. The van der Waals surface area contributed by atoms with Crippen LogP contribution < -0.4 is 0 Å². The molecule has 0 saturated heterocycles. The summed E-state index contributed by atoms with van der Waals surface area (Å²) in [4.78, 5) is 28.8. The van der Waals surface area contributed by atoms with Gasteiger partial charge in [-0.1, -0.05) is 0 Å². The van der Waals surface area contributed by atoms with Crippen LogP contribution in [-0.2, 0) is 13.6 Å². The van der Waals surface area contributed by atoms with Crippen molar-refractivity contribution in [2.24, 2.45) is 7.05 Å². The molecule has 1 N–H and O–H groups in total. The molecular formula is C15H20N4O2. The third-order valence-corrected chi connectivity index (χ3v) is 3.53. The normalized spacial score (nSPS) is 10.7. The highest BCUT2D eigenvalue weighted by molar-refractivity contribution is 6.02. The van der Waals surface area contributed by atoms with Gasteiger partial charge in [0.1, 0.15) is 5.69 Å². The van der Waals surface area contributed by atoms with Crippen LogP contribution in [0.1, 0.15) is 44.6 Å². The number of Topliss-reactive ketones (excluding diaryl/α,β-unsaturated/α-hetero) is 1. The number of carbonyl (C=O) groups excluding carboxylic acids is 2. The van der Waals surface area contributed by atoms with E-state index in [9.17, 15) is 9.59 Å². The van der Waals surface area contributed by atoms with Crippen LogP contribution in [0, 0.1) is 13.8 Å². The molecule has 0 atom stereocenters. The number of aryl methyl sites for hydroxylation is 2. The van der Waals surface area contributed by atoms with Gasteiger partial charge in [-0.2, -0.15) is 5.10 Å². The lowest BCUT2D eigenvalue weighted by atomic mass is 10.1. The maximum Gasteiger partial charge on any atom is 0.270 e. The molecule has 0 fully saturated rings. The fraction of sp³-hybridized carbons (Fsp3) is 0.400. The molecule has 1 amide bonds. The number of amides is 1. The first-order chi connectivity index (χ1) is 9.81. The van der Waals surface area contributed by atoms with Crippen LogP contribution in [-0.4, -0.2) is 38.4 Å². The molecule has 2 aromatic rings. The molecule has 2 heterocycles. The summed E-state index contributed by atoms with van der Waals surface area (Å²) in [6, 6.07) is 0. The van der Waals surface area contributed by atoms with Crippen molar-refractivity contribution in [3.63, 3.8) is 0 Å². The Bertz CT molecular complexity index is 697. The van der Waals surface area contributed by atoms with Crippen molar-refractivity contribution < 1.29 is 9.59 Å². The number of hydrogen-bond donors (Lipinski definition) is 1. The number of nitrogens with zero attached hydrogens (tertiary/aromatic N) is 3. The van der Waals surface area contributed by atoms with Crippen LogP contribution in [0.2, 0.25) is 0 Å². The van der Waals surface area contributed by atoms with Gasteiger partial charge in [-0.05, 0) is 26.3 Å². The van der Waals surface area contributed by atoms with E-state index in [1.165, 1.54) is 6.92 Å². The van der Waals surface area contributed by atoms with Crippen molar-refractivity contribution in [3.05, 3.63) is 40.5 Å². The highest BCUT2D eigenvalue weighted by atomic mass is 16.2. The van der Waals surface area contributed by atoms with E-state index >= 15 is 0 Å². The van der Waals surface area contributed by atoms with Crippen LogP contribution in [0.4, 0.5) is 0 Å². The Labute approximate surface area is 123 Å². The number of rotatable bonds is 4. The first-order valence-corrected chi connectivity index (χ1v) is 6.74. The molecule has 0 spiro atoms. The first kappa shape index (κ1) is 15.0. The minimum Gasteiger partial charge on any atom is -0.354 e. The average Bonchev–Trinajstić information content (AvgIpc) is 2.92. The van der Waals surface area contributed by atoms with Gasteiger partial charge in [0.05, 0.1) is 6.20 Å². The predicted octanol–water partition coefficient (Wildman–Crippen LogP) is 1.84. The van der Waals surface area contributed by atoms with Crippen LogP contribution in [0.3, 0.4) is 0 Å². The summed E-state index contributed by atoms with van der Waals surface area (Å²) < 4.78 is 1.70. The Morgan fingerprint density at radius 1 is 1.38 bits per heavy atom. The monoisotopic (exact) mass is 288 g/mol. The molecule has 6 nitrogen and oxygen atoms in total. The van der Waals surface area contributed by atoms with E-state index in [0.717, 1.165) is 11.3 Å². The van der Waals surface area contributed by atoms with E-state index in [-0.39, 0.29) is 11.7 Å². The number of hydrogen-bond acceptors (Lipinski definition) is 3. The largest absolute Gasteiger partial charge is 0.354 e. The molecular weight excluding hydrogens is 268 g/mol. The van der Waals surface area contributed by atoms with Crippen molar-refractivity contribution >= 4 is 11.7 Å². The number of ketones is 1. The van der Waals surface area contributed by atoms with Gasteiger partial charge in [0.2, 0.25) is 0 Å². The highest BCUT2D eigenvalue weighted by Gasteiger charge is 2.22. The standard InChI is InChI=1S/C15H20N4O2/c1-9-13(11(3)20)10(2)17-14(9)15(21)18(4)7-12-6-16-19(5)8-12/h6,8,17H,7H2,1-5H3. The maximum absolute atomic E-state index is 12.5. The van der Waals surface area contributed by atoms with Crippen molar-refractivity contribution in [3.8, 4) is 0 Å². The molecule has 21 heavy (non-hydrogen) atoms. The maximum atomic E-state index is 12.5. The molecule has 2 aromatic heterocycles. The van der Waals surface area contributed by atoms with Crippen molar-refractivity contribution in [2.75, 3.05) is 7.05 Å². The minimum absolute atomic E-state index is 0.0322. The van der Waals surface area contributed by atoms with Gasteiger partial charge in [0.15, 0.2) is 5.78 Å². The quantitative estimate of drug-likeness (QED) is 0.873. The molecule has 0 bridgehead atoms. The van der Waals surface area contributed by atoms with Gasteiger partial charge < -0.3 is 9.88 Å². The Morgan fingerprint density at radius 3 is 2.52 bits per heavy atom. The Hall–Kier alpha value is -2.37. The second-order valence-corrected chi connectivity index (χ2v) is 5.36. The molecule has 0 saturated carbocycles. The van der Waals surface area contributed by atoms with E-state index in [4.69, 9.17) is 0 Å². The summed E-state index contributed by atoms with van der Waals surface area (Å²) in [5, 5.41) is 4.09.